The Morgan fingerprint density at radius 2 is 2.33 bits per heavy atom. The average Bonchev–Trinajstić information content (AvgIpc) is 3.14. The summed E-state index contributed by atoms with van der Waals surface area (Å²) in [5.41, 5.74) is 0. The summed E-state index contributed by atoms with van der Waals surface area (Å²) in [5, 5.41) is 7.51. The lowest BCUT2D eigenvalue weighted by molar-refractivity contribution is 0.0384. The fourth-order valence-corrected chi connectivity index (χ4v) is 2.59. The van der Waals surface area contributed by atoms with Crippen LogP contribution in [0.15, 0.2) is 4.52 Å². The van der Waals surface area contributed by atoms with Crippen molar-refractivity contribution in [2.24, 2.45) is 5.92 Å². The van der Waals surface area contributed by atoms with E-state index in [0.29, 0.717) is 18.4 Å². The molecule has 1 aromatic heterocycles. The Morgan fingerprint density at radius 3 is 3.00 bits per heavy atom. The van der Waals surface area contributed by atoms with Gasteiger partial charge in [0.05, 0.1) is 5.92 Å². The van der Waals surface area contributed by atoms with Gasteiger partial charge in [-0.05, 0) is 45.1 Å². The SMILES string of the molecule is CCOC(c1noc([C@@H]2CCCNC2)n1)C1CC1. The van der Waals surface area contributed by atoms with E-state index in [1.165, 1.54) is 19.3 Å². The van der Waals surface area contributed by atoms with E-state index in [4.69, 9.17) is 9.26 Å². The Morgan fingerprint density at radius 1 is 1.44 bits per heavy atom. The smallest absolute Gasteiger partial charge is 0.231 e. The van der Waals surface area contributed by atoms with Gasteiger partial charge in [0.25, 0.3) is 0 Å². The second-order valence-corrected chi connectivity index (χ2v) is 5.25. The molecule has 3 rings (SSSR count). The number of piperidine rings is 1. The largest absolute Gasteiger partial charge is 0.370 e. The standard InChI is InChI=1S/C13H21N3O2/c1-2-17-11(9-5-6-9)12-15-13(18-16-12)10-4-3-7-14-8-10/h9-11,14H,2-8H2,1H3/t10-,11?/m1/s1. The van der Waals surface area contributed by atoms with Crippen LogP contribution >= 0.6 is 0 Å². The highest BCUT2D eigenvalue weighted by molar-refractivity contribution is 5.02. The van der Waals surface area contributed by atoms with Crippen LogP contribution in [0.1, 0.15) is 56.3 Å². The second kappa shape index (κ2) is 5.36. The second-order valence-electron chi connectivity index (χ2n) is 5.25. The van der Waals surface area contributed by atoms with Crippen molar-refractivity contribution in [2.45, 2.75) is 44.6 Å². The molecule has 1 aliphatic heterocycles. The fraction of sp³-hybridized carbons (Fsp3) is 0.846. The zero-order valence-electron chi connectivity index (χ0n) is 10.9. The molecular formula is C13H21N3O2. The van der Waals surface area contributed by atoms with Crippen LogP contribution in [0.2, 0.25) is 0 Å². The van der Waals surface area contributed by atoms with E-state index in [9.17, 15) is 0 Å². The maximum atomic E-state index is 5.75. The van der Waals surface area contributed by atoms with Crippen LogP contribution in [0, 0.1) is 5.92 Å². The van der Waals surface area contributed by atoms with Gasteiger partial charge in [-0.15, -0.1) is 0 Å². The predicted molar refractivity (Wildman–Crippen MR) is 66.2 cm³/mol. The topological polar surface area (TPSA) is 60.2 Å². The van der Waals surface area contributed by atoms with Crippen molar-refractivity contribution in [2.75, 3.05) is 19.7 Å². The molecule has 0 bridgehead atoms. The van der Waals surface area contributed by atoms with Crippen molar-refractivity contribution in [3.05, 3.63) is 11.7 Å². The van der Waals surface area contributed by atoms with E-state index in [1.807, 2.05) is 6.92 Å². The summed E-state index contributed by atoms with van der Waals surface area (Å²) in [6.07, 6.45) is 4.81. The van der Waals surface area contributed by atoms with E-state index >= 15 is 0 Å². The molecule has 100 valence electrons. The van der Waals surface area contributed by atoms with E-state index in [2.05, 4.69) is 15.5 Å². The first-order chi connectivity index (χ1) is 8.88. The molecule has 0 aromatic carbocycles. The van der Waals surface area contributed by atoms with Gasteiger partial charge in [-0.25, -0.2) is 0 Å². The molecule has 5 nitrogen and oxygen atoms in total. The molecule has 1 saturated heterocycles. The highest BCUT2D eigenvalue weighted by Gasteiger charge is 2.36. The number of ether oxygens (including phenoxy) is 1. The number of nitrogens with zero attached hydrogens (tertiary/aromatic N) is 2. The lowest BCUT2D eigenvalue weighted by Gasteiger charge is -2.18. The Labute approximate surface area is 107 Å². The van der Waals surface area contributed by atoms with Gasteiger partial charge >= 0.3 is 0 Å². The van der Waals surface area contributed by atoms with Gasteiger partial charge in [0.2, 0.25) is 11.7 Å². The molecule has 2 atom stereocenters. The third-order valence-electron chi connectivity index (χ3n) is 3.75. The third-order valence-corrected chi connectivity index (χ3v) is 3.75. The normalized spacial score (nSPS) is 26.2. The van der Waals surface area contributed by atoms with Gasteiger partial charge < -0.3 is 14.6 Å². The van der Waals surface area contributed by atoms with Crippen LogP contribution in [0.25, 0.3) is 0 Å². The average molecular weight is 251 g/mol. The first kappa shape index (κ1) is 12.1. The van der Waals surface area contributed by atoms with E-state index in [0.717, 1.165) is 31.2 Å². The van der Waals surface area contributed by atoms with E-state index in [1.54, 1.807) is 0 Å². The zero-order chi connectivity index (χ0) is 12.4. The first-order valence-corrected chi connectivity index (χ1v) is 7.04. The van der Waals surface area contributed by atoms with Crippen LogP contribution in [-0.2, 0) is 4.74 Å². The van der Waals surface area contributed by atoms with E-state index in [-0.39, 0.29) is 6.10 Å². The highest BCUT2D eigenvalue weighted by Crippen LogP contribution is 2.42. The lowest BCUT2D eigenvalue weighted by atomic mass is 10.00. The molecule has 1 N–H and O–H groups in total. The van der Waals surface area contributed by atoms with E-state index < -0.39 is 0 Å². The van der Waals surface area contributed by atoms with Gasteiger partial charge in [0, 0.05) is 13.2 Å². The Hall–Kier alpha value is -0.940. The maximum Gasteiger partial charge on any atom is 0.231 e. The minimum atomic E-state index is 0.0454. The maximum absolute atomic E-state index is 5.75. The van der Waals surface area contributed by atoms with Crippen molar-refractivity contribution < 1.29 is 9.26 Å². The van der Waals surface area contributed by atoms with Crippen LogP contribution in [0.5, 0.6) is 0 Å². The molecule has 2 heterocycles. The van der Waals surface area contributed by atoms with Gasteiger partial charge in [-0.1, -0.05) is 5.16 Å². The lowest BCUT2D eigenvalue weighted by Crippen LogP contribution is -2.28. The summed E-state index contributed by atoms with van der Waals surface area (Å²) in [5.74, 6) is 2.50. The number of hydrogen-bond donors (Lipinski definition) is 1. The summed E-state index contributed by atoms with van der Waals surface area (Å²) < 4.78 is 11.2. The molecular weight excluding hydrogens is 230 g/mol. The molecule has 2 aliphatic rings. The summed E-state index contributed by atoms with van der Waals surface area (Å²) >= 11 is 0. The molecule has 2 fully saturated rings. The van der Waals surface area contributed by atoms with Crippen molar-refractivity contribution in [1.29, 1.82) is 0 Å². The molecule has 0 radical (unpaired) electrons. The minimum Gasteiger partial charge on any atom is -0.370 e. The fourth-order valence-electron chi connectivity index (χ4n) is 2.59. The number of aromatic nitrogens is 2. The van der Waals surface area contributed by atoms with Gasteiger partial charge in [0.1, 0.15) is 6.10 Å². The van der Waals surface area contributed by atoms with Crippen molar-refractivity contribution >= 4 is 0 Å². The molecule has 1 aliphatic carbocycles. The zero-order valence-corrected chi connectivity index (χ0v) is 10.9. The van der Waals surface area contributed by atoms with Gasteiger partial charge in [0.15, 0.2) is 0 Å². The molecule has 1 aromatic rings. The first-order valence-electron chi connectivity index (χ1n) is 7.04. The van der Waals surface area contributed by atoms with Crippen LogP contribution in [0.3, 0.4) is 0 Å². The summed E-state index contributed by atoms with van der Waals surface area (Å²) in [7, 11) is 0. The minimum absolute atomic E-state index is 0.0454. The van der Waals surface area contributed by atoms with Crippen molar-refractivity contribution in [1.82, 2.24) is 15.5 Å². The molecule has 18 heavy (non-hydrogen) atoms. The van der Waals surface area contributed by atoms with Crippen LogP contribution < -0.4 is 5.32 Å². The Kier molecular flexibility index (Phi) is 3.61. The van der Waals surface area contributed by atoms with Crippen molar-refractivity contribution in [3.8, 4) is 0 Å². The summed E-state index contributed by atoms with van der Waals surface area (Å²) in [6.45, 7) is 4.77. The number of hydrogen-bond acceptors (Lipinski definition) is 5. The third kappa shape index (κ3) is 2.57. The van der Waals surface area contributed by atoms with Gasteiger partial charge in [-0.2, -0.15) is 4.98 Å². The molecule has 5 heteroatoms. The predicted octanol–water partition coefficient (Wildman–Crippen LogP) is 2.02. The summed E-state index contributed by atoms with van der Waals surface area (Å²) in [6, 6.07) is 0. The van der Waals surface area contributed by atoms with Gasteiger partial charge in [-0.3, -0.25) is 0 Å². The van der Waals surface area contributed by atoms with Crippen molar-refractivity contribution in [3.63, 3.8) is 0 Å². The Bertz CT molecular complexity index is 383. The molecule has 1 saturated carbocycles. The molecule has 0 amide bonds. The summed E-state index contributed by atoms with van der Waals surface area (Å²) in [4.78, 5) is 4.57. The number of nitrogens with one attached hydrogen (secondary N) is 1. The quantitative estimate of drug-likeness (QED) is 0.867. The highest BCUT2D eigenvalue weighted by atomic mass is 16.5. The van der Waals surface area contributed by atoms with Crippen LogP contribution in [-0.4, -0.2) is 29.8 Å². The molecule has 0 spiro atoms. The molecule has 1 unspecified atom stereocenters. The number of rotatable bonds is 5. The Balaban J connectivity index is 1.70. The monoisotopic (exact) mass is 251 g/mol. The van der Waals surface area contributed by atoms with Crippen LogP contribution in [0.4, 0.5) is 0 Å².